The number of hydrogen-bond donors (Lipinski definition) is 2. The first kappa shape index (κ1) is 17.8. The standard InChI is InChI=1S/C14H32N2O2/c1-4-5-6-9-14(15(2)3)16(10-7-12-17)11-8-13-18/h14,17-18H,4-13H2,1-3H3. The zero-order chi connectivity index (χ0) is 13.8. The summed E-state index contributed by atoms with van der Waals surface area (Å²) in [6.45, 7) is 4.52. The molecule has 18 heavy (non-hydrogen) atoms. The molecule has 0 spiro atoms. The fourth-order valence-electron chi connectivity index (χ4n) is 2.30. The summed E-state index contributed by atoms with van der Waals surface area (Å²) in [6, 6.07) is 0. The molecule has 0 amide bonds. The third kappa shape index (κ3) is 8.03. The Morgan fingerprint density at radius 1 is 0.889 bits per heavy atom. The van der Waals surface area contributed by atoms with Crippen LogP contribution in [0.25, 0.3) is 0 Å². The summed E-state index contributed by atoms with van der Waals surface area (Å²) in [4.78, 5) is 4.65. The average molecular weight is 260 g/mol. The van der Waals surface area contributed by atoms with Crippen molar-refractivity contribution >= 4 is 0 Å². The van der Waals surface area contributed by atoms with Crippen molar-refractivity contribution in [3.05, 3.63) is 0 Å². The summed E-state index contributed by atoms with van der Waals surface area (Å²) >= 11 is 0. The number of aliphatic hydroxyl groups excluding tert-OH is 2. The molecule has 0 aliphatic rings. The van der Waals surface area contributed by atoms with Crippen LogP contribution in [0.2, 0.25) is 0 Å². The maximum Gasteiger partial charge on any atom is 0.0617 e. The van der Waals surface area contributed by atoms with Gasteiger partial charge in [-0.15, -0.1) is 0 Å². The number of nitrogens with zero attached hydrogens (tertiary/aromatic N) is 2. The van der Waals surface area contributed by atoms with Gasteiger partial charge in [-0.3, -0.25) is 9.80 Å². The average Bonchev–Trinajstić information content (AvgIpc) is 2.35. The van der Waals surface area contributed by atoms with E-state index in [9.17, 15) is 0 Å². The highest BCUT2D eigenvalue weighted by atomic mass is 16.3. The van der Waals surface area contributed by atoms with Crippen molar-refractivity contribution in [1.29, 1.82) is 0 Å². The summed E-state index contributed by atoms with van der Waals surface area (Å²) in [5, 5.41) is 18.0. The van der Waals surface area contributed by atoms with Gasteiger partial charge in [-0.1, -0.05) is 26.2 Å². The number of rotatable bonds is 12. The van der Waals surface area contributed by atoms with Gasteiger partial charge in [0, 0.05) is 26.3 Å². The molecular formula is C14H32N2O2. The van der Waals surface area contributed by atoms with E-state index in [0.29, 0.717) is 6.17 Å². The lowest BCUT2D eigenvalue weighted by molar-refractivity contribution is 0.0582. The third-order valence-corrected chi connectivity index (χ3v) is 3.29. The molecule has 2 N–H and O–H groups in total. The summed E-state index contributed by atoms with van der Waals surface area (Å²) < 4.78 is 0. The van der Waals surface area contributed by atoms with Gasteiger partial charge in [0.25, 0.3) is 0 Å². The van der Waals surface area contributed by atoms with Crippen molar-refractivity contribution in [3.8, 4) is 0 Å². The molecule has 0 bridgehead atoms. The van der Waals surface area contributed by atoms with E-state index >= 15 is 0 Å². The van der Waals surface area contributed by atoms with E-state index in [2.05, 4.69) is 30.8 Å². The van der Waals surface area contributed by atoms with Crippen molar-refractivity contribution in [3.63, 3.8) is 0 Å². The Bertz CT molecular complexity index is 169. The number of unbranched alkanes of at least 4 members (excludes halogenated alkanes) is 2. The summed E-state index contributed by atoms with van der Waals surface area (Å²) in [7, 11) is 4.23. The fourth-order valence-corrected chi connectivity index (χ4v) is 2.30. The second-order valence-corrected chi connectivity index (χ2v) is 5.13. The predicted octanol–water partition coefficient (Wildman–Crippen LogP) is 1.52. The second kappa shape index (κ2) is 11.9. The van der Waals surface area contributed by atoms with Crippen LogP contribution in [0.3, 0.4) is 0 Å². The van der Waals surface area contributed by atoms with Gasteiger partial charge in [0.2, 0.25) is 0 Å². The molecule has 0 saturated carbocycles. The van der Waals surface area contributed by atoms with Gasteiger partial charge in [-0.25, -0.2) is 0 Å². The first-order valence-electron chi connectivity index (χ1n) is 7.29. The lowest BCUT2D eigenvalue weighted by atomic mass is 10.1. The smallest absolute Gasteiger partial charge is 0.0617 e. The third-order valence-electron chi connectivity index (χ3n) is 3.29. The van der Waals surface area contributed by atoms with Gasteiger partial charge in [0.15, 0.2) is 0 Å². The quantitative estimate of drug-likeness (QED) is 0.412. The molecular weight excluding hydrogens is 228 g/mol. The number of aliphatic hydroxyl groups is 2. The first-order chi connectivity index (χ1) is 8.67. The molecule has 4 heteroatoms. The number of hydrogen-bond acceptors (Lipinski definition) is 4. The largest absolute Gasteiger partial charge is 0.396 e. The Hall–Kier alpha value is -0.160. The Labute approximate surface area is 113 Å². The molecule has 0 aliphatic heterocycles. The lowest BCUT2D eigenvalue weighted by Crippen LogP contribution is -2.46. The van der Waals surface area contributed by atoms with Gasteiger partial charge in [0.1, 0.15) is 0 Å². The zero-order valence-corrected chi connectivity index (χ0v) is 12.4. The van der Waals surface area contributed by atoms with Crippen LogP contribution in [0.5, 0.6) is 0 Å². The molecule has 0 aromatic carbocycles. The lowest BCUT2D eigenvalue weighted by Gasteiger charge is -2.36. The highest BCUT2D eigenvalue weighted by molar-refractivity contribution is 4.70. The molecule has 1 atom stereocenters. The van der Waals surface area contributed by atoms with E-state index in [1.165, 1.54) is 19.3 Å². The van der Waals surface area contributed by atoms with Crippen molar-refractivity contribution in [2.45, 2.75) is 51.6 Å². The molecule has 0 fully saturated rings. The van der Waals surface area contributed by atoms with Crippen LogP contribution >= 0.6 is 0 Å². The molecule has 0 heterocycles. The Kier molecular flexibility index (Phi) is 11.8. The van der Waals surface area contributed by atoms with Crippen LogP contribution < -0.4 is 0 Å². The summed E-state index contributed by atoms with van der Waals surface area (Å²) in [6.07, 6.45) is 6.97. The van der Waals surface area contributed by atoms with Crippen LogP contribution in [0.15, 0.2) is 0 Å². The predicted molar refractivity (Wildman–Crippen MR) is 76.6 cm³/mol. The van der Waals surface area contributed by atoms with Crippen LogP contribution in [-0.2, 0) is 0 Å². The van der Waals surface area contributed by atoms with Crippen LogP contribution in [0, 0.1) is 0 Å². The zero-order valence-electron chi connectivity index (χ0n) is 12.4. The van der Waals surface area contributed by atoms with Crippen LogP contribution in [-0.4, -0.2) is 66.6 Å². The molecule has 0 saturated heterocycles. The molecule has 0 aromatic rings. The van der Waals surface area contributed by atoms with E-state index in [1.807, 2.05) is 0 Å². The molecule has 4 nitrogen and oxygen atoms in total. The molecule has 0 aliphatic carbocycles. The molecule has 0 rings (SSSR count). The highest BCUT2D eigenvalue weighted by Crippen LogP contribution is 2.13. The van der Waals surface area contributed by atoms with Gasteiger partial charge >= 0.3 is 0 Å². The Morgan fingerprint density at radius 2 is 1.44 bits per heavy atom. The Morgan fingerprint density at radius 3 is 1.83 bits per heavy atom. The minimum absolute atomic E-state index is 0.241. The van der Waals surface area contributed by atoms with Gasteiger partial charge in [0.05, 0.1) is 6.17 Å². The van der Waals surface area contributed by atoms with Gasteiger partial charge in [-0.05, 0) is 33.4 Å². The maximum absolute atomic E-state index is 8.99. The van der Waals surface area contributed by atoms with E-state index in [4.69, 9.17) is 10.2 Å². The van der Waals surface area contributed by atoms with Crippen molar-refractivity contribution in [2.24, 2.45) is 0 Å². The highest BCUT2D eigenvalue weighted by Gasteiger charge is 2.19. The first-order valence-corrected chi connectivity index (χ1v) is 7.29. The van der Waals surface area contributed by atoms with Crippen LogP contribution in [0.1, 0.15) is 45.4 Å². The van der Waals surface area contributed by atoms with E-state index < -0.39 is 0 Å². The normalized spacial score (nSPS) is 13.5. The fraction of sp³-hybridized carbons (Fsp3) is 1.00. The van der Waals surface area contributed by atoms with Gasteiger partial charge in [-0.2, -0.15) is 0 Å². The molecule has 0 radical (unpaired) electrons. The van der Waals surface area contributed by atoms with Crippen molar-refractivity contribution in [1.82, 2.24) is 9.80 Å². The van der Waals surface area contributed by atoms with Crippen LogP contribution in [0.4, 0.5) is 0 Å². The molecule has 1 unspecified atom stereocenters. The SMILES string of the molecule is CCCCCC(N(C)C)N(CCCO)CCCO. The molecule has 0 aromatic heterocycles. The van der Waals surface area contributed by atoms with E-state index in [1.54, 1.807) is 0 Å². The Balaban J connectivity index is 4.31. The van der Waals surface area contributed by atoms with Gasteiger partial charge < -0.3 is 10.2 Å². The second-order valence-electron chi connectivity index (χ2n) is 5.13. The van der Waals surface area contributed by atoms with Crippen molar-refractivity contribution in [2.75, 3.05) is 40.4 Å². The topological polar surface area (TPSA) is 46.9 Å². The maximum atomic E-state index is 8.99. The molecule has 110 valence electrons. The monoisotopic (exact) mass is 260 g/mol. The van der Waals surface area contributed by atoms with E-state index in [-0.39, 0.29) is 13.2 Å². The minimum Gasteiger partial charge on any atom is -0.396 e. The van der Waals surface area contributed by atoms with E-state index in [0.717, 1.165) is 32.4 Å². The van der Waals surface area contributed by atoms with Crippen molar-refractivity contribution < 1.29 is 10.2 Å². The summed E-state index contributed by atoms with van der Waals surface area (Å²) in [5.41, 5.74) is 0. The minimum atomic E-state index is 0.241. The summed E-state index contributed by atoms with van der Waals surface area (Å²) in [5.74, 6) is 0.